The number of ether oxygens (including phenoxy) is 1. The van der Waals surface area contributed by atoms with Gasteiger partial charge in [-0.1, -0.05) is 25.0 Å². The predicted octanol–water partition coefficient (Wildman–Crippen LogP) is 3.32. The quantitative estimate of drug-likeness (QED) is 0.827. The number of hydrogen-bond acceptors (Lipinski definition) is 3. The van der Waals surface area contributed by atoms with E-state index < -0.39 is 0 Å². The molecule has 0 amide bonds. The molecule has 2 N–H and O–H groups in total. The van der Waals surface area contributed by atoms with Crippen LogP contribution in [0.2, 0.25) is 0 Å². The summed E-state index contributed by atoms with van der Waals surface area (Å²) in [4.78, 5) is 12.4. The average molecular weight is 261 g/mol. The van der Waals surface area contributed by atoms with E-state index in [0.717, 1.165) is 25.7 Å². The van der Waals surface area contributed by atoms with Crippen molar-refractivity contribution in [2.45, 2.75) is 57.6 Å². The van der Waals surface area contributed by atoms with Crippen LogP contribution >= 0.6 is 0 Å². The van der Waals surface area contributed by atoms with Gasteiger partial charge in [-0.15, -0.1) is 0 Å². The lowest BCUT2D eigenvalue weighted by molar-refractivity contribution is 0.0946. The fraction of sp³-hybridized carbons (Fsp3) is 0.562. The van der Waals surface area contributed by atoms with Gasteiger partial charge in [0.1, 0.15) is 5.75 Å². The van der Waals surface area contributed by atoms with E-state index in [4.69, 9.17) is 10.5 Å². The summed E-state index contributed by atoms with van der Waals surface area (Å²) in [6.07, 6.45) is 4.65. The van der Waals surface area contributed by atoms with Gasteiger partial charge in [-0.05, 0) is 38.8 Å². The molecule has 0 saturated heterocycles. The third-order valence-electron chi connectivity index (χ3n) is 3.66. The van der Waals surface area contributed by atoms with Crippen LogP contribution < -0.4 is 10.5 Å². The molecule has 0 radical (unpaired) electrons. The van der Waals surface area contributed by atoms with Crippen LogP contribution in [0.25, 0.3) is 0 Å². The van der Waals surface area contributed by atoms with Crippen molar-refractivity contribution in [3.63, 3.8) is 0 Å². The second-order valence-electron chi connectivity index (χ2n) is 5.83. The van der Waals surface area contributed by atoms with Gasteiger partial charge in [0, 0.05) is 12.0 Å². The lowest BCUT2D eigenvalue weighted by Gasteiger charge is -2.23. The Morgan fingerprint density at radius 2 is 1.95 bits per heavy atom. The third kappa shape index (κ3) is 3.57. The molecule has 0 aliphatic heterocycles. The van der Waals surface area contributed by atoms with E-state index in [0.29, 0.717) is 17.7 Å². The molecule has 0 spiro atoms. The van der Waals surface area contributed by atoms with E-state index in [1.54, 1.807) is 0 Å². The summed E-state index contributed by atoms with van der Waals surface area (Å²) in [7, 11) is 0. The minimum absolute atomic E-state index is 0.0623. The fourth-order valence-electron chi connectivity index (χ4n) is 2.72. The highest BCUT2D eigenvalue weighted by atomic mass is 16.5. The first-order valence-corrected chi connectivity index (χ1v) is 7.08. The van der Waals surface area contributed by atoms with Crippen molar-refractivity contribution in [1.82, 2.24) is 0 Å². The van der Waals surface area contributed by atoms with E-state index in [2.05, 4.69) is 0 Å². The Hall–Kier alpha value is -1.35. The summed E-state index contributed by atoms with van der Waals surface area (Å²) in [5.74, 6) is 0.768. The summed E-state index contributed by atoms with van der Waals surface area (Å²) >= 11 is 0. The van der Waals surface area contributed by atoms with Crippen molar-refractivity contribution in [3.8, 4) is 5.75 Å². The molecule has 1 aliphatic carbocycles. The van der Waals surface area contributed by atoms with Gasteiger partial charge in [-0.3, -0.25) is 4.79 Å². The topological polar surface area (TPSA) is 52.3 Å². The summed E-state index contributed by atoms with van der Waals surface area (Å²) in [6, 6.07) is 7.45. The number of nitrogens with two attached hydrogens (primary N) is 1. The van der Waals surface area contributed by atoms with Gasteiger partial charge in [0.25, 0.3) is 0 Å². The first kappa shape index (κ1) is 14.1. The van der Waals surface area contributed by atoms with Crippen molar-refractivity contribution in [3.05, 3.63) is 29.8 Å². The number of Topliss-reactive ketones (excluding diaryl/α,β-unsaturated/α-hetero) is 1. The Kier molecular flexibility index (Phi) is 4.25. The smallest absolute Gasteiger partial charge is 0.168 e. The molecule has 3 nitrogen and oxygen atoms in total. The van der Waals surface area contributed by atoms with Gasteiger partial charge in [-0.25, -0.2) is 0 Å². The highest BCUT2D eigenvalue weighted by molar-refractivity contribution is 5.99. The summed E-state index contributed by atoms with van der Waals surface area (Å²) in [6.45, 7) is 3.92. The second kappa shape index (κ2) is 5.74. The number of carbonyl (C=O) groups excluding carboxylic acids is 1. The molecule has 0 unspecified atom stereocenters. The molecular formula is C16H23NO2. The number of hydrogen-bond donors (Lipinski definition) is 1. The molecule has 1 saturated carbocycles. The van der Waals surface area contributed by atoms with Crippen LogP contribution in [0.1, 0.15) is 56.3 Å². The standard InChI is InChI=1S/C16H23NO2/c1-12(2)19-15-8-4-3-7-13(15)14(18)11-16(17)9-5-6-10-16/h3-4,7-8,12H,5-6,9-11,17H2,1-2H3. The zero-order valence-corrected chi connectivity index (χ0v) is 11.8. The molecule has 104 valence electrons. The first-order valence-electron chi connectivity index (χ1n) is 7.08. The number of carbonyl (C=O) groups is 1. The van der Waals surface area contributed by atoms with Gasteiger partial charge in [0.2, 0.25) is 0 Å². The SMILES string of the molecule is CC(C)Oc1ccccc1C(=O)CC1(N)CCCC1. The minimum atomic E-state index is -0.304. The van der Waals surface area contributed by atoms with Crippen molar-refractivity contribution >= 4 is 5.78 Å². The van der Waals surface area contributed by atoms with Gasteiger partial charge in [-0.2, -0.15) is 0 Å². The molecule has 1 fully saturated rings. The number of rotatable bonds is 5. The summed E-state index contributed by atoms with van der Waals surface area (Å²) in [5, 5.41) is 0. The van der Waals surface area contributed by atoms with Crippen LogP contribution in [0.15, 0.2) is 24.3 Å². The fourth-order valence-corrected chi connectivity index (χ4v) is 2.72. The number of para-hydroxylation sites is 1. The zero-order chi connectivity index (χ0) is 13.9. The first-order chi connectivity index (χ1) is 9.00. The number of ketones is 1. The monoisotopic (exact) mass is 261 g/mol. The minimum Gasteiger partial charge on any atom is -0.490 e. The molecule has 0 bridgehead atoms. The van der Waals surface area contributed by atoms with Crippen molar-refractivity contribution in [2.24, 2.45) is 5.73 Å². The van der Waals surface area contributed by atoms with E-state index in [9.17, 15) is 4.79 Å². The maximum absolute atomic E-state index is 12.4. The Bertz CT molecular complexity index is 448. The van der Waals surface area contributed by atoms with E-state index in [-0.39, 0.29) is 17.4 Å². The zero-order valence-electron chi connectivity index (χ0n) is 11.8. The highest BCUT2D eigenvalue weighted by Gasteiger charge is 2.32. The molecule has 19 heavy (non-hydrogen) atoms. The van der Waals surface area contributed by atoms with Crippen LogP contribution in [-0.4, -0.2) is 17.4 Å². The van der Waals surface area contributed by atoms with Gasteiger partial charge < -0.3 is 10.5 Å². The maximum Gasteiger partial charge on any atom is 0.168 e. The molecule has 1 aromatic carbocycles. The van der Waals surface area contributed by atoms with E-state index in [1.807, 2.05) is 38.1 Å². The second-order valence-corrected chi connectivity index (χ2v) is 5.83. The van der Waals surface area contributed by atoms with E-state index in [1.165, 1.54) is 0 Å². The van der Waals surface area contributed by atoms with Crippen LogP contribution in [0, 0.1) is 0 Å². The molecule has 3 heteroatoms. The van der Waals surface area contributed by atoms with Crippen LogP contribution in [0.5, 0.6) is 5.75 Å². The highest BCUT2D eigenvalue weighted by Crippen LogP contribution is 2.32. The largest absolute Gasteiger partial charge is 0.490 e. The Morgan fingerprint density at radius 3 is 2.58 bits per heavy atom. The molecule has 1 aliphatic rings. The van der Waals surface area contributed by atoms with Crippen LogP contribution in [0.3, 0.4) is 0 Å². The Labute approximate surface area is 115 Å². The lowest BCUT2D eigenvalue weighted by Crippen LogP contribution is -2.38. The van der Waals surface area contributed by atoms with Crippen LogP contribution in [0.4, 0.5) is 0 Å². The molecule has 0 heterocycles. The van der Waals surface area contributed by atoms with Crippen molar-refractivity contribution < 1.29 is 9.53 Å². The molecule has 0 atom stereocenters. The normalized spacial score (nSPS) is 17.7. The Balaban J connectivity index is 2.14. The third-order valence-corrected chi connectivity index (χ3v) is 3.66. The molecular weight excluding hydrogens is 238 g/mol. The average Bonchev–Trinajstić information content (AvgIpc) is 2.75. The predicted molar refractivity (Wildman–Crippen MR) is 76.5 cm³/mol. The summed E-state index contributed by atoms with van der Waals surface area (Å²) < 4.78 is 5.70. The lowest BCUT2D eigenvalue weighted by atomic mass is 9.90. The van der Waals surface area contributed by atoms with Gasteiger partial charge in [0.15, 0.2) is 5.78 Å². The van der Waals surface area contributed by atoms with Crippen LogP contribution in [-0.2, 0) is 0 Å². The molecule has 0 aromatic heterocycles. The Morgan fingerprint density at radius 1 is 1.32 bits per heavy atom. The molecule has 1 aromatic rings. The van der Waals surface area contributed by atoms with Gasteiger partial charge >= 0.3 is 0 Å². The number of benzene rings is 1. The summed E-state index contributed by atoms with van der Waals surface area (Å²) in [5.41, 5.74) is 6.64. The van der Waals surface area contributed by atoms with Gasteiger partial charge in [0.05, 0.1) is 11.7 Å². The van der Waals surface area contributed by atoms with Crippen molar-refractivity contribution in [2.75, 3.05) is 0 Å². The maximum atomic E-state index is 12.4. The van der Waals surface area contributed by atoms with E-state index >= 15 is 0 Å². The molecule has 2 rings (SSSR count). The van der Waals surface area contributed by atoms with Crippen molar-refractivity contribution in [1.29, 1.82) is 0 Å².